The van der Waals surface area contributed by atoms with E-state index in [0.717, 1.165) is 35.8 Å². The van der Waals surface area contributed by atoms with Gasteiger partial charge in [0.1, 0.15) is 11.5 Å². The largest absolute Gasteiger partial charge is 0.496 e. The van der Waals surface area contributed by atoms with Crippen LogP contribution in [0.2, 0.25) is 0 Å². The molecule has 0 aliphatic carbocycles. The first-order valence-electron chi connectivity index (χ1n) is 9.13. The number of benzene rings is 2. The van der Waals surface area contributed by atoms with Gasteiger partial charge in [0.15, 0.2) is 0 Å². The van der Waals surface area contributed by atoms with Gasteiger partial charge in [-0.15, -0.1) is 6.58 Å². The summed E-state index contributed by atoms with van der Waals surface area (Å²) in [5.41, 5.74) is 2.74. The quantitative estimate of drug-likeness (QED) is 0.735. The van der Waals surface area contributed by atoms with Gasteiger partial charge in [-0.3, -0.25) is 4.79 Å². The summed E-state index contributed by atoms with van der Waals surface area (Å²) >= 11 is 0. The third-order valence-corrected chi connectivity index (χ3v) is 4.88. The SMILES string of the molecule is C=CCc1cc(C(=O)N2CCN(c3ccccc3OC)CC2)ccc1OC. The molecule has 2 aromatic carbocycles. The Hall–Kier alpha value is -2.95. The molecule has 0 atom stereocenters. The van der Waals surface area contributed by atoms with Gasteiger partial charge in [-0.1, -0.05) is 18.2 Å². The van der Waals surface area contributed by atoms with Crippen molar-refractivity contribution in [3.8, 4) is 11.5 Å². The van der Waals surface area contributed by atoms with Crippen LogP contribution in [0.25, 0.3) is 0 Å². The lowest BCUT2D eigenvalue weighted by atomic mass is 10.1. The topological polar surface area (TPSA) is 42.0 Å². The van der Waals surface area contributed by atoms with Gasteiger partial charge in [0.05, 0.1) is 19.9 Å². The van der Waals surface area contributed by atoms with Crippen LogP contribution in [0, 0.1) is 0 Å². The van der Waals surface area contributed by atoms with Crippen molar-refractivity contribution in [2.24, 2.45) is 0 Å². The lowest BCUT2D eigenvalue weighted by Crippen LogP contribution is -2.48. The van der Waals surface area contributed by atoms with E-state index in [9.17, 15) is 4.79 Å². The average molecular weight is 366 g/mol. The van der Waals surface area contributed by atoms with Crippen LogP contribution >= 0.6 is 0 Å². The molecular formula is C22H26N2O3. The summed E-state index contributed by atoms with van der Waals surface area (Å²) in [7, 11) is 3.32. The van der Waals surface area contributed by atoms with Crippen molar-refractivity contribution in [3.05, 3.63) is 66.2 Å². The first-order chi connectivity index (χ1) is 13.2. The van der Waals surface area contributed by atoms with Gasteiger partial charge in [-0.05, 0) is 42.3 Å². The molecule has 1 amide bonds. The fraction of sp³-hybridized carbons (Fsp3) is 0.318. The summed E-state index contributed by atoms with van der Waals surface area (Å²) in [6.07, 6.45) is 2.49. The second kappa shape index (κ2) is 8.62. The zero-order valence-corrected chi connectivity index (χ0v) is 16.0. The van der Waals surface area contributed by atoms with Crippen molar-refractivity contribution < 1.29 is 14.3 Å². The second-order valence-corrected chi connectivity index (χ2v) is 6.47. The van der Waals surface area contributed by atoms with E-state index in [0.29, 0.717) is 25.1 Å². The summed E-state index contributed by atoms with van der Waals surface area (Å²) in [6, 6.07) is 13.6. The Morgan fingerprint density at radius 3 is 2.41 bits per heavy atom. The number of nitrogens with zero attached hydrogens (tertiary/aromatic N) is 2. The van der Waals surface area contributed by atoms with E-state index in [4.69, 9.17) is 9.47 Å². The van der Waals surface area contributed by atoms with Crippen LogP contribution in [0.1, 0.15) is 15.9 Å². The van der Waals surface area contributed by atoms with Gasteiger partial charge in [0.25, 0.3) is 5.91 Å². The maximum atomic E-state index is 12.9. The lowest BCUT2D eigenvalue weighted by molar-refractivity contribution is 0.0746. The van der Waals surface area contributed by atoms with Crippen LogP contribution in [0.15, 0.2) is 55.1 Å². The molecule has 0 radical (unpaired) electrons. The highest BCUT2D eigenvalue weighted by molar-refractivity contribution is 5.94. The van der Waals surface area contributed by atoms with Gasteiger partial charge in [0, 0.05) is 31.7 Å². The zero-order valence-electron chi connectivity index (χ0n) is 16.0. The van der Waals surface area contributed by atoms with Crippen molar-refractivity contribution in [1.29, 1.82) is 0 Å². The zero-order chi connectivity index (χ0) is 19.2. The highest BCUT2D eigenvalue weighted by atomic mass is 16.5. The molecule has 1 saturated heterocycles. The number of para-hydroxylation sites is 2. The van der Waals surface area contributed by atoms with Gasteiger partial charge >= 0.3 is 0 Å². The molecule has 0 aromatic heterocycles. The number of hydrogen-bond acceptors (Lipinski definition) is 4. The Labute approximate surface area is 160 Å². The van der Waals surface area contributed by atoms with Crippen molar-refractivity contribution in [3.63, 3.8) is 0 Å². The standard InChI is InChI=1S/C22H26N2O3/c1-4-7-17-16-18(10-11-20(17)26-2)22(25)24-14-12-23(13-15-24)19-8-5-6-9-21(19)27-3/h4-6,8-11,16H,1,7,12-15H2,2-3H3. The number of ether oxygens (including phenoxy) is 2. The van der Waals surface area contributed by atoms with E-state index in [1.165, 1.54) is 0 Å². The highest BCUT2D eigenvalue weighted by Crippen LogP contribution is 2.29. The van der Waals surface area contributed by atoms with Crippen LogP contribution in [-0.4, -0.2) is 51.2 Å². The predicted octanol–water partition coefficient (Wildman–Crippen LogP) is 3.39. The smallest absolute Gasteiger partial charge is 0.253 e. The maximum absolute atomic E-state index is 12.9. The number of methoxy groups -OCH3 is 2. The molecule has 27 heavy (non-hydrogen) atoms. The number of hydrogen-bond donors (Lipinski definition) is 0. The molecule has 5 nitrogen and oxygen atoms in total. The Morgan fingerprint density at radius 1 is 1.04 bits per heavy atom. The molecule has 0 unspecified atom stereocenters. The number of carbonyl (C=O) groups excluding carboxylic acids is 1. The number of allylic oxidation sites excluding steroid dienone is 1. The molecule has 142 valence electrons. The molecule has 5 heteroatoms. The van der Waals surface area contributed by atoms with Crippen molar-refractivity contribution in [2.45, 2.75) is 6.42 Å². The van der Waals surface area contributed by atoms with Crippen molar-refractivity contribution >= 4 is 11.6 Å². The number of carbonyl (C=O) groups is 1. The average Bonchev–Trinajstić information content (AvgIpc) is 2.73. The summed E-state index contributed by atoms with van der Waals surface area (Å²) in [4.78, 5) is 17.1. The molecule has 0 spiro atoms. The summed E-state index contributed by atoms with van der Waals surface area (Å²) < 4.78 is 10.8. The summed E-state index contributed by atoms with van der Waals surface area (Å²) in [5.74, 6) is 1.71. The van der Waals surface area contributed by atoms with E-state index >= 15 is 0 Å². The minimum Gasteiger partial charge on any atom is -0.496 e. The van der Waals surface area contributed by atoms with E-state index in [2.05, 4.69) is 17.5 Å². The van der Waals surface area contributed by atoms with E-state index in [1.807, 2.05) is 47.4 Å². The number of rotatable bonds is 6. The molecule has 1 aliphatic heterocycles. The second-order valence-electron chi connectivity index (χ2n) is 6.47. The monoisotopic (exact) mass is 366 g/mol. The molecule has 0 bridgehead atoms. The van der Waals surface area contributed by atoms with Gasteiger partial charge in [-0.25, -0.2) is 0 Å². The highest BCUT2D eigenvalue weighted by Gasteiger charge is 2.24. The van der Waals surface area contributed by atoms with Crippen LogP contribution < -0.4 is 14.4 Å². The fourth-order valence-electron chi connectivity index (χ4n) is 3.45. The minimum absolute atomic E-state index is 0.0580. The fourth-order valence-corrected chi connectivity index (χ4v) is 3.45. The predicted molar refractivity (Wildman–Crippen MR) is 108 cm³/mol. The molecule has 1 fully saturated rings. The third kappa shape index (κ3) is 4.08. The normalized spacial score (nSPS) is 14.0. The van der Waals surface area contributed by atoms with Crippen molar-refractivity contribution in [1.82, 2.24) is 4.90 Å². The van der Waals surface area contributed by atoms with Crippen LogP contribution in [0.3, 0.4) is 0 Å². The first-order valence-corrected chi connectivity index (χ1v) is 9.13. The van der Waals surface area contributed by atoms with Gasteiger partial charge in [0.2, 0.25) is 0 Å². The van der Waals surface area contributed by atoms with Crippen LogP contribution in [0.5, 0.6) is 11.5 Å². The molecule has 1 aliphatic rings. The summed E-state index contributed by atoms with van der Waals surface area (Å²) in [5, 5.41) is 0. The van der Waals surface area contributed by atoms with E-state index < -0.39 is 0 Å². The summed E-state index contributed by atoms with van der Waals surface area (Å²) in [6.45, 7) is 6.70. The number of anilines is 1. The molecule has 1 heterocycles. The Kier molecular flexibility index (Phi) is 6.01. The van der Waals surface area contributed by atoms with Crippen LogP contribution in [-0.2, 0) is 6.42 Å². The molecule has 2 aromatic rings. The Balaban J connectivity index is 1.70. The maximum Gasteiger partial charge on any atom is 0.253 e. The van der Waals surface area contributed by atoms with Gasteiger partial charge in [-0.2, -0.15) is 0 Å². The first kappa shape index (κ1) is 18.8. The molecular weight excluding hydrogens is 340 g/mol. The lowest BCUT2D eigenvalue weighted by Gasteiger charge is -2.36. The Morgan fingerprint density at radius 2 is 1.74 bits per heavy atom. The molecule has 3 rings (SSSR count). The van der Waals surface area contributed by atoms with Crippen molar-refractivity contribution in [2.75, 3.05) is 45.3 Å². The Bertz CT molecular complexity index is 811. The van der Waals surface area contributed by atoms with Crippen LogP contribution in [0.4, 0.5) is 5.69 Å². The van der Waals surface area contributed by atoms with E-state index in [-0.39, 0.29) is 5.91 Å². The third-order valence-electron chi connectivity index (χ3n) is 4.88. The van der Waals surface area contributed by atoms with Gasteiger partial charge < -0.3 is 19.3 Å². The molecule has 0 N–H and O–H groups in total. The molecule has 0 saturated carbocycles. The number of piperazine rings is 1. The van der Waals surface area contributed by atoms with E-state index in [1.54, 1.807) is 14.2 Å². The minimum atomic E-state index is 0.0580. The number of amides is 1.